The van der Waals surface area contributed by atoms with Gasteiger partial charge in [-0.2, -0.15) is 0 Å². The zero-order chi connectivity index (χ0) is 20.8. The van der Waals surface area contributed by atoms with E-state index in [1.54, 1.807) is 6.26 Å². The fraction of sp³-hybridized carbons (Fsp3) is 0.478. The van der Waals surface area contributed by atoms with E-state index in [1.165, 1.54) is 22.0 Å². The third-order valence-corrected chi connectivity index (χ3v) is 5.79. The summed E-state index contributed by atoms with van der Waals surface area (Å²) in [6.45, 7) is 10.8. The van der Waals surface area contributed by atoms with E-state index >= 15 is 0 Å². The number of hydrogen-bond acceptors (Lipinski definition) is 4. The molecule has 160 valence electrons. The van der Waals surface area contributed by atoms with Crippen molar-refractivity contribution < 1.29 is 4.52 Å². The summed E-state index contributed by atoms with van der Waals surface area (Å²) in [7, 11) is 0. The van der Waals surface area contributed by atoms with Crippen LogP contribution in [0.15, 0.2) is 46.2 Å². The number of guanidine groups is 1. The topological polar surface area (TPSA) is 72.7 Å². The van der Waals surface area contributed by atoms with Crippen molar-refractivity contribution in [1.29, 1.82) is 0 Å². The Kier molecular flexibility index (Phi) is 6.69. The Bertz CT molecular complexity index is 953. The first-order chi connectivity index (χ1) is 14.8. The van der Waals surface area contributed by atoms with Crippen molar-refractivity contribution in [2.75, 3.05) is 39.3 Å². The van der Waals surface area contributed by atoms with E-state index in [0.29, 0.717) is 0 Å². The number of nitrogens with zero attached hydrogens (tertiary/aromatic N) is 4. The van der Waals surface area contributed by atoms with Crippen molar-refractivity contribution in [2.45, 2.75) is 33.2 Å². The molecule has 3 aromatic rings. The van der Waals surface area contributed by atoms with Gasteiger partial charge < -0.3 is 19.7 Å². The van der Waals surface area contributed by atoms with Crippen LogP contribution in [0, 0.1) is 0 Å². The number of fused-ring (bicyclic) bond motifs is 1. The van der Waals surface area contributed by atoms with Gasteiger partial charge in [-0.25, -0.2) is 0 Å². The van der Waals surface area contributed by atoms with Crippen LogP contribution in [0.4, 0.5) is 0 Å². The first kappa shape index (κ1) is 20.5. The number of para-hydroxylation sites is 1. The Balaban J connectivity index is 1.35. The molecule has 4 rings (SSSR count). The van der Waals surface area contributed by atoms with E-state index < -0.39 is 0 Å². The van der Waals surface area contributed by atoms with Crippen LogP contribution in [0.25, 0.3) is 10.9 Å². The largest absolute Gasteiger partial charge is 0.364 e. The minimum Gasteiger partial charge on any atom is -0.364 e. The normalized spacial score (nSPS) is 15.8. The molecule has 0 unspecified atom stereocenters. The molecule has 30 heavy (non-hydrogen) atoms. The molecule has 1 aliphatic heterocycles. The summed E-state index contributed by atoms with van der Waals surface area (Å²) in [6.07, 6.45) is 5.77. The summed E-state index contributed by atoms with van der Waals surface area (Å²) in [5.41, 5.74) is 4.99. The number of rotatable bonds is 7. The Hall–Kier alpha value is -2.80. The predicted octanol–water partition coefficient (Wildman–Crippen LogP) is 3.04. The minimum atomic E-state index is 0.783. The molecule has 0 bridgehead atoms. The van der Waals surface area contributed by atoms with Gasteiger partial charge in [-0.1, -0.05) is 30.3 Å². The number of nitrogens with one attached hydrogen (secondary N) is 2. The second-order valence-electron chi connectivity index (χ2n) is 7.75. The summed E-state index contributed by atoms with van der Waals surface area (Å²) in [5.74, 6) is 1.02. The lowest BCUT2D eigenvalue weighted by Crippen LogP contribution is -2.52. The Morgan fingerprint density at radius 2 is 2.03 bits per heavy atom. The minimum absolute atomic E-state index is 0.783. The van der Waals surface area contributed by atoms with Crippen LogP contribution in [0.5, 0.6) is 0 Å². The van der Waals surface area contributed by atoms with Crippen LogP contribution < -0.4 is 5.32 Å². The van der Waals surface area contributed by atoms with Crippen LogP contribution in [0.2, 0.25) is 0 Å². The highest BCUT2D eigenvalue weighted by Gasteiger charge is 2.20. The highest BCUT2D eigenvalue weighted by molar-refractivity contribution is 5.86. The maximum atomic E-state index is 4.94. The molecule has 1 fully saturated rings. The molecule has 7 heteroatoms. The lowest BCUT2D eigenvalue weighted by molar-refractivity contribution is 0.169. The van der Waals surface area contributed by atoms with Gasteiger partial charge in [0.05, 0.1) is 5.69 Å². The van der Waals surface area contributed by atoms with Crippen LogP contribution in [-0.4, -0.2) is 65.2 Å². The summed E-state index contributed by atoms with van der Waals surface area (Å²) in [4.78, 5) is 13.2. The van der Waals surface area contributed by atoms with Crippen LogP contribution in [-0.2, 0) is 19.4 Å². The SMILES string of the molecule is CCNC(=NCCc1c[nH]c2c(CC)cccc12)N1CCN(Cc2ccon2)CC1. The van der Waals surface area contributed by atoms with Gasteiger partial charge >= 0.3 is 0 Å². The first-order valence-electron chi connectivity index (χ1n) is 11.0. The molecule has 0 spiro atoms. The highest BCUT2D eigenvalue weighted by atomic mass is 16.5. The highest BCUT2D eigenvalue weighted by Crippen LogP contribution is 2.22. The average molecular weight is 409 g/mol. The van der Waals surface area contributed by atoms with Crippen molar-refractivity contribution in [3.05, 3.63) is 53.5 Å². The number of aliphatic imine (C=N–C) groups is 1. The second kappa shape index (κ2) is 9.80. The van der Waals surface area contributed by atoms with Crippen LogP contribution in [0.3, 0.4) is 0 Å². The molecular weight excluding hydrogens is 376 g/mol. The van der Waals surface area contributed by atoms with E-state index in [-0.39, 0.29) is 0 Å². The maximum absolute atomic E-state index is 4.94. The molecule has 0 radical (unpaired) electrons. The summed E-state index contributed by atoms with van der Waals surface area (Å²) < 4.78 is 4.94. The molecule has 3 heterocycles. The number of piperazine rings is 1. The molecular formula is C23H32N6O. The third-order valence-electron chi connectivity index (χ3n) is 5.79. The van der Waals surface area contributed by atoms with Crippen molar-refractivity contribution >= 4 is 16.9 Å². The van der Waals surface area contributed by atoms with Gasteiger partial charge in [-0.3, -0.25) is 9.89 Å². The monoisotopic (exact) mass is 408 g/mol. The second-order valence-corrected chi connectivity index (χ2v) is 7.75. The van der Waals surface area contributed by atoms with Crippen LogP contribution in [0.1, 0.15) is 30.7 Å². The summed E-state index contributed by atoms with van der Waals surface area (Å²) in [5, 5.41) is 8.82. The molecule has 0 amide bonds. The number of H-pyrrole nitrogens is 1. The van der Waals surface area contributed by atoms with E-state index in [1.807, 2.05) is 6.07 Å². The fourth-order valence-electron chi connectivity index (χ4n) is 4.15. The first-order valence-corrected chi connectivity index (χ1v) is 11.0. The standard InChI is InChI=1S/C23H32N6O/c1-3-18-6-5-7-21-19(16-26-22(18)21)8-10-25-23(24-4-2)29-13-11-28(12-14-29)17-20-9-15-30-27-20/h5-7,9,15-16,26H,3-4,8,10-14,17H2,1-2H3,(H,24,25). The maximum Gasteiger partial charge on any atom is 0.194 e. The number of benzene rings is 1. The van der Waals surface area contributed by atoms with Gasteiger partial charge in [0.2, 0.25) is 0 Å². The molecule has 2 N–H and O–H groups in total. The number of hydrogen-bond donors (Lipinski definition) is 2. The zero-order valence-electron chi connectivity index (χ0n) is 18.0. The average Bonchev–Trinajstić information content (AvgIpc) is 3.44. The molecule has 0 aliphatic carbocycles. The molecule has 7 nitrogen and oxygen atoms in total. The fourth-order valence-corrected chi connectivity index (χ4v) is 4.15. The van der Waals surface area contributed by atoms with E-state index in [0.717, 1.165) is 70.3 Å². The van der Waals surface area contributed by atoms with Gasteiger partial charge in [-0.05, 0) is 30.9 Å². The Morgan fingerprint density at radius 3 is 2.77 bits per heavy atom. The van der Waals surface area contributed by atoms with Gasteiger partial charge in [0.15, 0.2) is 5.96 Å². The van der Waals surface area contributed by atoms with Crippen LogP contribution >= 0.6 is 0 Å². The van der Waals surface area contributed by atoms with Crippen molar-refractivity contribution in [3.63, 3.8) is 0 Å². The van der Waals surface area contributed by atoms with Crippen molar-refractivity contribution in [2.24, 2.45) is 4.99 Å². The molecule has 2 aromatic heterocycles. The Morgan fingerprint density at radius 1 is 1.17 bits per heavy atom. The predicted molar refractivity (Wildman–Crippen MR) is 121 cm³/mol. The number of aromatic amines is 1. The molecule has 1 aliphatic rings. The van der Waals surface area contributed by atoms with Crippen molar-refractivity contribution in [3.8, 4) is 0 Å². The zero-order valence-corrected chi connectivity index (χ0v) is 18.0. The molecule has 0 atom stereocenters. The Labute approximate surface area is 178 Å². The third kappa shape index (κ3) is 4.67. The molecule has 0 saturated carbocycles. The van der Waals surface area contributed by atoms with E-state index in [4.69, 9.17) is 9.52 Å². The molecule has 1 aromatic carbocycles. The lowest BCUT2D eigenvalue weighted by Gasteiger charge is -2.36. The van der Waals surface area contributed by atoms with Gasteiger partial charge in [0.1, 0.15) is 6.26 Å². The lowest BCUT2D eigenvalue weighted by atomic mass is 10.1. The van der Waals surface area contributed by atoms with Gasteiger partial charge in [0.25, 0.3) is 0 Å². The van der Waals surface area contributed by atoms with E-state index in [9.17, 15) is 0 Å². The van der Waals surface area contributed by atoms with E-state index in [2.05, 4.69) is 63.5 Å². The van der Waals surface area contributed by atoms with Gasteiger partial charge in [-0.15, -0.1) is 0 Å². The van der Waals surface area contributed by atoms with Gasteiger partial charge in [0, 0.05) is 69.0 Å². The number of aryl methyl sites for hydroxylation is 1. The van der Waals surface area contributed by atoms with Crippen molar-refractivity contribution in [1.82, 2.24) is 25.3 Å². The smallest absolute Gasteiger partial charge is 0.194 e. The quantitative estimate of drug-likeness (QED) is 0.464. The summed E-state index contributed by atoms with van der Waals surface area (Å²) >= 11 is 0. The number of aromatic nitrogens is 2. The molecule has 1 saturated heterocycles. The summed E-state index contributed by atoms with van der Waals surface area (Å²) in [6, 6.07) is 8.51.